The third-order valence-electron chi connectivity index (χ3n) is 3.78. The summed E-state index contributed by atoms with van der Waals surface area (Å²) in [4.78, 5) is 36.6. The normalized spacial score (nSPS) is 23.4. The van der Waals surface area contributed by atoms with E-state index in [-0.39, 0.29) is 39.6 Å². The number of carbonyl (C=O) groups excluding carboxylic acids is 3. The Morgan fingerprint density at radius 1 is 0.708 bits per heavy atom. The molecule has 0 bridgehead atoms. The van der Waals surface area contributed by atoms with Gasteiger partial charge >= 0.3 is 17.9 Å². The molecule has 0 aromatic heterocycles. The molecule has 24 heavy (non-hydrogen) atoms. The van der Waals surface area contributed by atoms with Crippen LogP contribution in [0, 0.1) is 17.8 Å². The summed E-state index contributed by atoms with van der Waals surface area (Å²) in [5.41, 5.74) is 0. The van der Waals surface area contributed by atoms with Gasteiger partial charge in [-0.3, -0.25) is 14.4 Å². The smallest absolute Gasteiger partial charge is 0.310 e. The van der Waals surface area contributed by atoms with E-state index >= 15 is 0 Å². The van der Waals surface area contributed by atoms with Crippen molar-refractivity contribution in [1.82, 2.24) is 0 Å². The van der Waals surface area contributed by atoms with Crippen LogP contribution in [0.1, 0.15) is 19.3 Å². The van der Waals surface area contributed by atoms with Gasteiger partial charge in [0, 0.05) is 0 Å². The molecular weight excluding hydrogens is 324 g/mol. The van der Waals surface area contributed by atoms with Crippen LogP contribution in [0.5, 0.6) is 0 Å². The van der Waals surface area contributed by atoms with Crippen molar-refractivity contribution < 1.29 is 43.9 Å². The standard InChI is InChI=1S/C15H24O9/c16-4-7-22-13(19)10-2-1-3-11(14(20)23-8-5-17)12(10)15(21)24-9-6-18/h10-12,16-18H,1-9H2. The van der Waals surface area contributed by atoms with Gasteiger partial charge in [-0.05, 0) is 12.8 Å². The van der Waals surface area contributed by atoms with Crippen molar-refractivity contribution in [3.63, 3.8) is 0 Å². The Morgan fingerprint density at radius 2 is 1.08 bits per heavy atom. The summed E-state index contributed by atoms with van der Waals surface area (Å²) in [6.45, 7) is -1.72. The topological polar surface area (TPSA) is 140 Å². The van der Waals surface area contributed by atoms with Crippen molar-refractivity contribution in [1.29, 1.82) is 0 Å². The van der Waals surface area contributed by atoms with E-state index in [1.165, 1.54) is 0 Å². The molecule has 0 heterocycles. The number of hydrogen-bond donors (Lipinski definition) is 3. The van der Waals surface area contributed by atoms with E-state index in [9.17, 15) is 14.4 Å². The second-order valence-electron chi connectivity index (χ2n) is 5.34. The van der Waals surface area contributed by atoms with E-state index in [0.717, 1.165) is 0 Å². The maximum atomic E-state index is 12.3. The minimum atomic E-state index is -1.08. The van der Waals surface area contributed by atoms with E-state index in [2.05, 4.69) is 0 Å². The first kappa shape index (κ1) is 20.3. The minimum absolute atomic E-state index is 0.201. The monoisotopic (exact) mass is 348 g/mol. The molecule has 3 N–H and O–H groups in total. The van der Waals surface area contributed by atoms with Crippen LogP contribution in [0.2, 0.25) is 0 Å². The van der Waals surface area contributed by atoms with Crippen molar-refractivity contribution in [2.75, 3.05) is 39.6 Å². The lowest BCUT2D eigenvalue weighted by molar-refractivity contribution is -0.173. The van der Waals surface area contributed by atoms with Gasteiger partial charge in [0.05, 0.1) is 37.6 Å². The highest BCUT2D eigenvalue weighted by Gasteiger charge is 2.47. The van der Waals surface area contributed by atoms with Gasteiger partial charge in [-0.1, -0.05) is 6.42 Å². The van der Waals surface area contributed by atoms with Crippen LogP contribution in [0.3, 0.4) is 0 Å². The van der Waals surface area contributed by atoms with Crippen LogP contribution in [0.4, 0.5) is 0 Å². The van der Waals surface area contributed by atoms with E-state index in [1.807, 2.05) is 0 Å². The zero-order valence-corrected chi connectivity index (χ0v) is 13.4. The molecule has 138 valence electrons. The van der Waals surface area contributed by atoms with Gasteiger partial charge in [0.15, 0.2) is 0 Å². The van der Waals surface area contributed by atoms with Crippen molar-refractivity contribution in [3.8, 4) is 0 Å². The maximum Gasteiger partial charge on any atom is 0.310 e. The third-order valence-corrected chi connectivity index (χ3v) is 3.78. The molecule has 0 aliphatic heterocycles. The molecule has 1 aliphatic carbocycles. The van der Waals surface area contributed by atoms with Gasteiger partial charge in [-0.15, -0.1) is 0 Å². The summed E-state index contributed by atoms with van der Waals surface area (Å²) >= 11 is 0. The SMILES string of the molecule is O=C(OCCO)C1CCCC(C(=O)OCCO)C1C(=O)OCCO. The molecule has 9 heteroatoms. The number of esters is 3. The lowest BCUT2D eigenvalue weighted by Gasteiger charge is -2.33. The molecule has 0 aromatic rings. The highest BCUT2D eigenvalue weighted by atomic mass is 16.6. The molecule has 1 saturated carbocycles. The average molecular weight is 348 g/mol. The first-order chi connectivity index (χ1) is 11.6. The van der Waals surface area contributed by atoms with Gasteiger partial charge in [0.1, 0.15) is 19.8 Å². The van der Waals surface area contributed by atoms with E-state index < -0.39 is 35.7 Å². The lowest BCUT2D eigenvalue weighted by Crippen LogP contribution is -2.44. The highest BCUT2D eigenvalue weighted by Crippen LogP contribution is 2.37. The second-order valence-corrected chi connectivity index (χ2v) is 5.34. The predicted molar refractivity (Wildman–Crippen MR) is 78.5 cm³/mol. The summed E-state index contributed by atoms with van der Waals surface area (Å²) in [5.74, 6) is -5.00. The fraction of sp³-hybridized carbons (Fsp3) is 0.800. The average Bonchev–Trinajstić information content (AvgIpc) is 2.61. The fourth-order valence-electron chi connectivity index (χ4n) is 2.80. The molecule has 1 aliphatic rings. The van der Waals surface area contributed by atoms with Gasteiger partial charge in [-0.2, -0.15) is 0 Å². The van der Waals surface area contributed by atoms with Crippen LogP contribution in [-0.4, -0.2) is 72.9 Å². The predicted octanol–water partition coefficient (Wildman–Crippen LogP) is -1.37. The van der Waals surface area contributed by atoms with E-state index in [0.29, 0.717) is 19.3 Å². The molecule has 2 unspecified atom stereocenters. The van der Waals surface area contributed by atoms with Gasteiger partial charge < -0.3 is 29.5 Å². The first-order valence-electron chi connectivity index (χ1n) is 7.89. The third kappa shape index (κ3) is 5.73. The second kappa shape index (κ2) is 11.0. The number of hydrogen-bond acceptors (Lipinski definition) is 9. The molecule has 9 nitrogen and oxygen atoms in total. The van der Waals surface area contributed by atoms with Crippen molar-refractivity contribution in [2.45, 2.75) is 19.3 Å². The number of rotatable bonds is 9. The summed E-state index contributed by atoms with van der Waals surface area (Å²) in [5, 5.41) is 26.3. The van der Waals surface area contributed by atoms with Crippen molar-refractivity contribution in [2.24, 2.45) is 17.8 Å². The molecule has 0 amide bonds. The molecule has 0 saturated heterocycles. The Kier molecular flexibility index (Phi) is 9.28. The number of ether oxygens (including phenoxy) is 3. The van der Waals surface area contributed by atoms with Crippen LogP contribution >= 0.6 is 0 Å². The summed E-state index contributed by atoms with van der Waals surface area (Å²) in [7, 11) is 0. The largest absolute Gasteiger partial charge is 0.463 e. The molecule has 0 aromatic carbocycles. The quantitative estimate of drug-likeness (QED) is 0.340. The number of carbonyl (C=O) groups is 3. The van der Waals surface area contributed by atoms with Crippen molar-refractivity contribution >= 4 is 17.9 Å². The van der Waals surface area contributed by atoms with Gasteiger partial charge in [0.2, 0.25) is 0 Å². The summed E-state index contributed by atoms with van der Waals surface area (Å²) in [6, 6.07) is 0. The Bertz CT molecular complexity index is 395. The van der Waals surface area contributed by atoms with E-state index in [1.54, 1.807) is 0 Å². The number of aliphatic hydroxyl groups excluding tert-OH is 3. The Labute approximate surface area is 139 Å². The Morgan fingerprint density at radius 3 is 1.46 bits per heavy atom. The molecular formula is C15H24O9. The van der Waals surface area contributed by atoms with Crippen LogP contribution in [-0.2, 0) is 28.6 Å². The molecule has 0 spiro atoms. The molecule has 0 radical (unpaired) electrons. The molecule has 1 rings (SSSR count). The molecule has 1 fully saturated rings. The Hall–Kier alpha value is -1.71. The summed E-state index contributed by atoms with van der Waals surface area (Å²) < 4.78 is 14.7. The minimum Gasteiger partial charge on any atom is -0.463 e. The van der Waals surface area contributed by atoms with Crippen LogP contribution < -0.4 is 0 Å². The van der Waals surface area contributed by atoms with Gasteiger partial charge in [-0.25, -0.2) is 0 Å². The maximum absolute atomic E-state index is 12.3. The zero-order chi connectivity index (χ0) is 17.9. The van der Waals surface area contributed by atoms with Crippen LogP contribution in [0.15, 0.2) is 0 Å². The summed E-state index contributed by atoms with van der Waals surface area (Å²) in [6.07, 6.45) is 1.20. The van der Waals surface area contributed by atoms with Crippen molar-refractivity contribution in [3.05, 3.63) is 0 Å². The Balaban J connectivity index is 2.92. The highest BCUT2D eigenvalue weighted by molar-refractivity contribution is 5.87. The number of aliphatic hydroxyl groups is 3. The fourth-order valence-corrected chi connectivity index (χ4v) is 2.80. The van der Waals surface area contributed by atoms with Crippen LogP contribution in [0.25, 0.3) is 0 Å². The first-order valence-corrected chi connectivity index (χ1v) is 7.89. The lowest BCUT2D eigenvalue weighted by atomic mass is 9.72. The zero-order valence-electron chi connectivity index (χ0n) is 13.4. The van der Waals surface area contributed by atoms with Gasteiger partial charge in [0.25, 0.3) is 0 Å². The molecule has 2 atom stereocenters. The van der Waals surface area contributed by atoms with E-state index in [4.69, 9.17) is 29.5 Å².